The van der Waals surface area contributed by atoms with Gasteiger partial charge in [-0.25, -0.2) is 0 Å². The van der Waals surface area contributed by atoms with Gasteiger partial charge in [0.1, 0.15) is 5.60 Å². The van der Waals surface area contributed by atoms with Crippen LogP contribution in [-0.4, -0.2) is 36.2 Å². The number of rotatable bonds is 4. The molecule has 4 rings (SSSR count). The third-order valence-electron chi connectivity index (χ3n) is 9.01. The van der Waals surface area contributed by atoms with Gasteiger partial charge in [-0.1, -0.05) is 19.9 Å². The third kappa shape index (κ3) is 2.91. The number of allylic oxidation sites excluding steroid dienone is 4. The Labute approximate surface area is 173 Å². The lowest BCUT2D eigenvalue weighted by atomic mass is 9.47. The van der Waals surface area contributed by atoms with E-state index in [-0.39, 0.29) is 17.8 Å². The van der Waals surface area contributed by atoms with Crippen molar-refractivity contribution < 1.29 is 24.2 Å². The molecular formula is C24H34O5. The fourth-order valence-electron chi connectivity index (χ4n) is 7.22. The standard InChI is InChI=1S/C24H34O5/c1-15(25)29-14-21(26)24(27)12-9-20-18-6-5-16-13-17(28-4)7-10-22(16,2)19(18)8-11-23(20,24)3/h5,13,18-20,27H,6-12,14H2,1-4H3/t18-,19+,20+,22+,23-,24+/m1/s1. The van der Waals surface area contributed by atoms with E-state index >= 15 is 0 Å². The zero-order chi connectivity index (χ0) is 21.0. The SMILES string of the molecule is COC1=CC2=CC[C@@H]3[C@H](CC[C@]4(C)[C@H]3CC[C@]4(O)C(=O)COC(C)=O)[C@@]2(C)CC1. The van der Waals surface area contributed by atoms with Crippen LogP contribution in [-0.2, 0) is 19.1 Å². The lowest BCUT2D eigenvalue weighted by molar-refractivity contribution is -0.168. The molecule has 0 saturated heterocycles. The first-order valence-corrected chi connectivity index (χ1v) is 11.0. The highest BCUT2D eigenvalue weighted by Crippen LogP contribution is 2.67. The van der Waals surface area contributed by atoms with E-state index in [0.29, 0.717) is 24.2 Å². The summed E-state index contributed by atoms with van der Waals surface area (Å²) in [4.78, 5) is 24.0. The van der Waals surface area contributed by atoms with Crippen LogP contribution in [0.5, 0.6) is 0 Å². The Hall–Kier alpha value is -1.62. The quantitative estimate of drug-likeness (QED) is 0.721. The lowest BCUT2D eigenvalue weighted by Gasteiger charge is -2.57. The Balaban J connectivity index is 1.61. The molecule has 0 aromatic rings. The number of fused-ring (bicyclic) bond motifs is 5. The van der Waals surface area contributed by atoms with Gasteiger partial charge in [0.05, 0.1) is 12.9 Å². The number of carbonyl (C=O) groups is 2. The van der Waals surface area contributed by atoms with E-state index in [1.165, 1.54) is 12.5 Å². The van der Waals surface area contributed by atoms with Crippen molar-refractivity contribution >= 4 is 11.8 Å². The summed E-state index contributed by atoms with van der Waals surface area (Å²) in [6.07, 6.45) is 10.9. The normalized spacial score (nSPS) is 43.3. The zero-order valence-electron chi connectivity index (χ0n) is 18.1. The summed E-state index contributed by atoms with van der Waals surface area (Å²) in [5, 5.41) is 11.5. The van der Waals surface area contributed by atoms with Crippen molar-refractivity contribution in [3.8, 4) is 0 Å². The molecule has 4 aliphatic carbocycles. The third-order valence-corrected chi connectivity index (χ3v) is 9.01. The number of hydrogen-bond acceptors (Lipinski definition) is 5. The second-order valence-electron chi connectivity index (χ2n) is 10.1. The average molecular weight is 403 g/mol. The first kappa shape index (κ1) is 20.6. The van der Waals surface area contributed by atoms with E-state index in [1.54, 1.807) is 7.11 Å². The van der Waals surface area contributed by atoms with Crippen LogP contribution in [0.1, 0.15) is 65.7 Å². The number of ether oxygens (including phenoxy) is 2. The fourth-order valence-corrected chi connectivity index (χ4v) is 7.22. The van der Waals surface area contributed by atoms with Crippen molar-refractivity contribution in [2.24, 2.45) is 28.6 Å². The first-order chi connectivity index (χ1) is 13.7. The largest absolute Gasteiger partial charge is 0.501 e. The number of esters is 1. The molecule has 1 N–H and O–H groups in total. The Kier molecular flexibility index (Phi) is 4.96. The second-order valence-corrected chi connectivity index (χ2v) is 10.1. The summed E-state index contributed by atoms with van der Waals surface area (Å²) in [6.45, 7) is 5.46. The van der Waals surface area contributed by atoms with Gasteiger partial charge in [0.15, 0.2) is 6.61 Å². The van der Waals surface area contributed by atoms with Crippen molar-refractivity contribution in [3.63, 3.8) is 0 Å². The molecule has 0 heterocycles. The average Bonchev–Trinajstić information content (AvgIpc) is 2.97. The van der Waals surface area contributed by atoms with Gasteiger partial charge in [-0.05, 0) is 73.3 Å². The van der Waals surface area contributed by atoms with Crippen LogP contribution >= 0.6 is 0 Å². The predicted molar refractivity (Wildman–Crippen MR) is 109 cm³/mol. The molecule has 0 aromatic carbocycles. The van der Waals surface area contributed by atoms with Crippen LogP contribution in [0.25, 0.3) is 0 Å². The van der Waals surface area contributed by atoms with Gasteiger partial charge in [0.2, 0.25) is 5.78 Å². The molecule has 0 aliphatic heterocycles. The minimum absolute atomic E-state index is 0.148. The lowest BCUT2D eigenvalue weighted by Crippen LogP contribution is -2.57. The van der Waals surface area contributed by atoms with Gasteiger partial charge in [0.25, 0.3) is 0 Å². The van der Waals surface area contributed by atoms with E-state index in [4.69, 9.17) is 9.47 Å². The van der Waals surface area contributed by atoms with Crippen molar-refractivity contribution in [1.82, 2.24) is 0 Å². The molecule has 0 aromatic heterocycles. The minimum atomic E-state index is -1.39. The molecule has 5 heteroatoms. The van der Waals surface area contributed by atoms with Crippen LogP contribution in [0.3, 0.4) is 0 Å². The molecule has 2 fully saturated rings. The molecule has 0 unspecified atom stereocenters. The molecule has 0 bridgehead atoms. The minimum Gasteiger partial charge on any atom is -0.501 e. The summed E-state index contributed by atoms with van der Waals surface area (Å²) in [5.74, 6) is 1.62. The summed E-state index contributed by atoms with van der Waals surface area (Å²) in [6, 6.07) is 0. The Morgan fingerprint density at radius 2 is 1.90 bits per heavy atom. The Bertz CT molecular complexity index is 782. The zero-order valence-corrected chi connectivity index (χ0v) is 18.1. The van der Waals surface area contributed by atoms with Crippen molar-refractivity contribution in [2.75, 3.05) is 13.7 Å². The van der Waals surface area contributed by atoms with Crippen LogP contribution < -0.4 is 0 Å². The fraction of sp³-hybridized carbons (Fsp3) is 0.750. The molecule has 0 amide bonds. The van der Waals surface area contributed by atoms with Crippen LogP contribution in [0, 0.1) is 28.6 Å². The molecular weight excluding hydrogens is 368 g/mol. The van der Waals surface area contributed by atoms with Crippen LogP contribution in [0.2, 0.25) is 0 Å². The maximum Gasteiger partial charge on any atom is 0.303 e. The Morgan fingerprint density at radius 3 is 2.59 bits per heavy atom. The molecule has 0 spiro atoms. The smallest absolute Gasteiger partial charge is 0.303 e. The number of Topliss-reactive ketones (excluding diaryl/α,β-unsaturated/α-hetero) is 1. The first-order valence-electron chi connectivity index (χ1n) is 11.0. The van der Waals surface area contributed by atoms with Crippen molar-refractivity contribution in [1.29, 1.82) is 0 Å². The van der Waals surface area contributed by atoms with Crippen LogP contribution in [0.4, 0.5) is 0 Å². The highest BCUT2D eigenvalue weighted by molar-refractivity contribution is 5.90. The molecule has 0 radical (unpaired) electrons. The number of hydrogen-bond donors (Lipinski definition) is 1. The van der Waals surface area contributed by atoms with E-state index in [1.807, 2.05) is 0 Å². The van der Waals surface area contributed by atoms with Gasteiger partial charge < -0.3 is 14.6 Å². The van der Waals surface area contributed by atoms with E-state index in [2.05, 4.69) is 26.0 Å². The van der Waals surface area contributed by atoms with Gasteiger partial charge >= 0.3 is 5.97 Å². The molecule has 6 atom stereocenters. The monoisotopic (exact) mass is 402 g/mol. The molecule has 160 valence electrons. The highest BCUT2D eigenvalue weighted by Gasteiger charge is 2.65. The Morgan fingerprint density at radius 1 is 1.17 bits per heavy atom. The molecule has 5 nitrogen and oxygen atoms in total. The summed E-state index contributed by atoms with van der Waals surface area (Å²) in [7, 11) is 1.75. The molecule has 29 heavy (non-hydrogen) atoms. The number of aliphatic hydroxyl groups is 1. The van der Waals surface area contributed by atoms with Crippen molar-refractivity contribution in [2.45, 2.75) is 71.3 Å². The maximum absolute atomic E-state index is 12.9. The summed E-state index contributed by atoms with van der Waals surface area (Å²) in [5.41, 5.74) is -0.285. The second kappa shape index (κ2) is 6.97. The van der Waals surface area contributed by atoms with Gasteiger partial charge in [-0.3, -0.25) is 9.59 Å². The number of methoxy groups -OCH3 is 1. The highest BCUT2D eigenvalue weighted by atomic mass is 16.5. The van der Waals surface area contributed by atoms with Gasteiger partial charge in [-0.15, -0.1) is 0 Å². The topological polar surface area (TPSA) is 72.8 Å². The number of ketones is 1. The van der Waals surface area contributed by atoms with Gasteiger partial charge in [0, 0.05) is 18.8 Å². The molecule has 4 aliphatic rings. The van der Waals surface area contributed by atoms with Crippen molar-refractivity contribution in [3.05, 3.63) is 23.5 Å². The summed E-state index contributed by atoms with van der Waals surface area (Å²) < 4.78 is 10.5. The molecule has 2 saturated carbocycles. The maximum atomic E-state index is 12.9. The van der Waals surface area contributed by atoms with E-state index in [0.717, 1.165) is 44.3 Å². The van der Waals surface area contributed by atoms with E-state index in [9.17, 15) is 14.7 Å². The predicted octanol–water partition coefficient (Wildman–Crippen LogP) is 3.95. The van der Waals surface area contributed by atoms with Crippen LogP contribution in [0.15, 0.2) is 23.5 Å². The van der Waals surface area contributed by atoms with Gasteiger partial charge in [-0.2, -0.15) is 0 Å². The number of carbonyl (C=O) groups excluding carboxylic acids is 2. The summed E-state index contributed by atoms with van der Waals surface area (Å²) >= 11 is 0. The van der Waals surface area contributed by atoms with E-state index < -0.39 is 17.0 Å².